The van der Waals surface area contributed by atoms with Crippen LogP contribution in [0.25, 0.3) is 17.5 Å². The first-order valence-corrected chi connectivity index (χ1v) is 10.3. The predicted octanol–water partition coefficient (Wildman–Crippen LogP) is 4.31. The van der Waals surface area contributed by atoms with E-state index in [0.29, 0.717) is 18.1 Å². The van der Waals surface area contributed by atoms with E-state index < -0.39 is 0 Å². The Morgan fingerprint density at radius 1 is 1.14 bits per heavy atom. The molecule has 0 bridgehead atoms. The maximum Gasteiger partial charge on any atom is 0.244 e. The summed E-state index contributed by atoms with van der Waals surface area (Å²) < 4.78 is 2.04. The molecule has 2 heterocycles. The van der Waals surface area contributed by atoms with Crippen LogP contribution in [-0.4, -0.2) is 27.2 Å². The van der Waals surface area contributed by atoms with Gasteiger partial charge in [0.15, 0.2) is 0 Å². The number of hydrogen-bond donors (Lipinski definition) is 1. The molecule has 29 heavy (non-hydrogen) atoms. The molecule has 0 saturated heterocycles. The third kappa shape index (κ3) is 4.57. The zero-order chi connectivity index (χ0) is 20.1. The molecule has 0 unspecified atom stereocenters. The second-order valence-electron chi connectivity index (χ2n) is 7.06. The van der Waals surface area contributed by atoms with E-state index in [2.05, 4.69) is 10.3 Å². The fraction of sp³-hybridized carbons (Fsp3) is 0.261. The van der Waals surface area contributed by atoms with Crippen LogP contribution in [0.5, 0.6) is 0 Å². The number of nitrogens with zero attached hydrogens (tertiary/aromatic N) is 3. The van der Waals surface area contributed by atoms with Crippen molar-refractivity contribution in [2.24, 2.45) is 0 Å². The van der Waals surface area contributed by atoms with Gasteiger partial charge in [-0.05, 0) is 55.5 Å². The summed E-state index contributed by atoms with van der Waals surface area (Å²) in [4.78, 5) is 16.6. The van der Waals surface area contributed by atoms with Crippen molar-refractivity contribution in [2.45, 2.75) is 32.2 Å². The Kier molecular flexibility index (Phi) is 6.06. The minimum Gasteiger partial charge on any atom is -0.351 e. The SMILES string of the molecule is O=C(/C=C/c1ccccc1Cl)NCCn1nc(-c2ccccn2)c2c1CCCC2. The first kappa shape index (κ1) is 19.4. The smallest absolute Gasteiger partial charge is 0.244 e. The standard InChI is InChI=1S/C23H23ClN4O/c24-19-9-3-1-7-17(19)12-13-22(29)26-15-16-28-21-11-4-2-8-18(21)23(27-28)20-10-5-6-14-25-20/h1,3,5-7,9-10,12-14H,2,4,8,11,15-16H2,(H,26,29)/b13-12+. The van der Waals surface area contributed by atoms with Crippen molar-refractivity contribution in [1.29, 1.82) is 0 Å². The van der Waals surface area contributed by atoms with Gasteiger partial charge in [0.2, 0.25) is 5.91 Å². The van der Waals surface area contributed by atoms with E-state index in [-0.39, 0.29) is 5.91 Å². The number of carbonyl (C=O) groups is 1. The summed E-state index contributed by atoms with van der Waals surface area (Å²) in [6, 6.07) is 13.3. The molecule has 0 atom stereocenters. The zero-order valence-corrected chi connectivity index (χ0v) is 16.9. The number of rotatable bonds is 6. The molecular weight excluding hydrogens is 384 g/mol. The van der Waals surface area contributed by atoms with Crippen LogP contribution in [0.2, 0.25) is 5.02 Å². The van der Waals surface area contributed by atoms with Gasteiger partial charge in [-0.2, -0.15) is 5.10 Å². The van der Waals surface area contributed by atoms with Gasteiger partial charge in [0.05, 0.1) is 12.2 Å². The fourth-order valence-corrected chi connectivity index (χ4v) is 3.88. The highest BCUT2D eigenvalue weighted by Gasteiger charge is 2.22. The topological polar surface area (TPSA) is 59.8 Å². The molecule has 1 aromatic carbocycles. The van der Waals surface area contributed by atoms with Gasteiger partial charge in [0.25, 0.3) is 0 Å². The van der Waals surface area contributed by atoms with E-state index in [9.17, 15) is 4.79 Å². The molecule has 0 spiro atoms. The molecule has 148 valence electrons. The molecule has 1 aliphatic carbocycles. The third-order valence-electron chi connectivity index (χ3n) is 5.11. The lowest BCUT2D eigenvalue weighted by Gasteiger charge is -2.14. The monoisotopic (exact) mass is 406 g/mol. The van der Waals surface area contributed by atoms with Crippen molar-refractivity contribution in [1.82, 2.24) is 20.1 Å². The Morgan fingerprint density at radius 3 is 2.79 bits per heavy atom. The summed E-state index contributed by atoms with van der Waals surface area (Å²) in [6.07, 6.45) is 9.46. The summed E-state index contributed by atoms with van der Waals surface area (Å²) in [5.74, 6) is -0.143. The largest absolute Gasteiger partial charge is 0.351 e. The highest BCUT2D eigenvalue weighted by atomic mass is 35.5. The van der Waals surface area contributed by atoms with Gasteiger partial charge in [0.1, 0.15) is 5.69 Å². The van der Waals surface area contributed by atoms with Crippen molar-refractivity contribution in [2.75, 3.05) is 6.54 Å². The Hall–Kier alpha value is -2.92. The normalized spacial score (nSPS) is 13.4. The predicted molar refractivity (Wildman–Crippen MR) is 116 cm³/mol. The second kappa shape index (κ2) is 9.05. The van der Waals surface area contributed by atoms with Gasteiger partial charge in [0, 0.05) is 35.1 Å². The number of pyridine rings is 1. The van der Waals surface area contributed by atoms with E-state index in [1.807, 2.05) is 41.1 Å². The molecule has 0 radical (unpaired) electrons. The number of hydrogen-bond acceptors (Lipinski definition) is 3. The highest BCUT2D eigenvalue weighted by Crippen LogP contribution is 2.30. The van der Waals surface area contributed by atoms with Crippen LogP contribution in [0.15, 0.2) is 54.7 Å². The van der Waals surface area contributed by atoms with E-state index >= 15 is 0 Å². The van der Waals surface area contributed by atoms with Gasteiger partial charge in [-0.25, -0.2) is 0 Å². The maximum atomic E-state index is 12.2. The van der Waals surface area contributed by atoms with Crippen molar-refractivity contribution in [3.8, 4) is 11.4 Å². The molecular formula is C23H23ClN4O. The first-order valence-electron chi connectivity index (χ1n) is 9.93. The molecule has 6 heteroatoms. The Balaban J connectivity index is 1.42. The summed E-state index contributed by atoms with van der Waals surface area (Å²) >= 11 is 6.11. The minimum absolute atomic E-state index is 0.143. The van der Waals surface area contributed by atoms with Gasteiger partial charge < -0.3 is 5.32 Å². The molecule has 0 saturated carbocycles. The Morgan fingerprint density at radius 2 is 1.97 bits per heavy atom. The van der Waals surface area contributed by atoms with Crippen LogP contribution < -0.4 is 5.32 Å². The van der Waals surface area contributed by atoms with Gasteiger partial charge in [-0.1, -0.05) is 35.9 Å². The summed E-state index contributed by atoms with van der Waals surface area (Å²) in [5, 5.41) is 8.39. The number of carbonyl (C=O) groups excluding carboxylic acids is 1. The van der Waals surface area contributed by atoms with Crippen molar-refractivity contribution < 1.29 is 4.79 Å². The van der Waals surface area contributed by atoms with E-state index in [0.717, 1.165) is 29.8 Å². The summed E-state index contributed by atoms with van der Waals surface area (Å²) in [7, 11) is 0. The van der Waals surface area contributed by atoms with E-state index in [4.69, 9.17) is 16.7 Å². The van der Waals surface area contributed by atoms with E-state index in [1.54, 1.807) is 18.3 Å². The van der Waals surface area contributed by atoms with Gasteiger partial charge in [-0.15, -0.1) is 0 Å². The molecule has 1 N–H and O–H groups in total. The Labute approximate surface area is 175 Å². The molecule has 1 amide bonds. The van der Waals surface area contributed by atoms with Crippen molar-refractivity contribution >= 4 is 23.6 Å². The quantitative estimate of drug-likeness (QED) is 0.620. The first-order chi connectivity index (χ1) is 14.2. The van der Waals surface area contributed by atoms with Gasteiger partial charge >= 0.3 is 0 Å². The van der Waals surface area contributed by atoms with Crippen LogP contribution in [0.1, 0.15) is 29.7 Å². The number of fused-ring (bicyclic) bond motifs is 1. The number of aromatic nitrogens is 3. The highest BCUT2D eigenvalue weighted by molar-refractivity contribution is 6.32. The van der Waals surface area contributed by atoms with Crippen molar-refractivity contribution in [3.63, 3.8) is 0 Å². The summed E-state index contributed by atoms with van der Waals surface area (Å²) in [6.45, 7) is 1.16. The van der Waals surface area contributed by atoms with Crippen molar-refractivity contribution in [3.05, 3.63) is 76.6 Å². The van der Waals surface area contributed by atoms with Crippen LogP contribution in [-0.2, 0) is 24.2 Å². The molecule has 3 aromatic rings. The van der Waals surface area contributed by atoms with Crippen LogP contribution in [0, 0.1) is 0 Å². The second-order valence-corrected chi connectivity index (χ2v) is 7.47. The Bertz CT molecular complexity index is 1030. The average Bonchev–Trinajstić information content (AvgIpc) is 3.13. The number of halogens is 1. The lowest BCUT2D eigenvalue weighted by atomic mass is 9.95. The number of amides is 1. The molecule has 5 nitrogen and oxygen atoms in total. The molecule has 0 aliphatic heterocycles. The maximum absolute atomic E-state index is 12.2. The lowest BCUT2D eigenvalue weighted by Crippen LogP contribution is -2.26. The number of nitrogens with one attached hydrogen (secondary N) is 1. The van der Waals surface area contributed by atoms with Gasteiger partial charge in [-0.3, -0.25) is 14.5 Å². The number of benzene rings is 1. The molecule has 1 aliphatic rings. The summed E-state index contributed by atoms with van der Waals surface area (Å²) in [5.41, 5.74) is 5.30. The third-order valence-corrected chi connectivity index (χ3v) is 5.45. The molecule has 0 fully saturated rings. The molecule has 4 rings (SSSR count). The van der Waals surface area contributed by atoms with Crippen LogP contribution in [0.4, 0.5) is 0 Å². The fourth-order valence-electron chi connectivity index (χ4n) is 3.68. The van der Waals surface area contributed by atoms with Crippen LogP contribution in [0.3, 0.4) is 0 Å². The van der Waals surface area contributed by atoms with E-state index in [1.165, 1.54) is 30.2 Å². The van der Waals surface area contributed by atoms with Crippen LogP contribution >= 0.6 is 11.6 Å². The minimum atomic E-state index is -0.143. The molecule has 2 aromatic heterocycles. The average molecular weight is 407 g/mol. The zero-order valence-electron chi connectivity index (χ0n) is 16.1. The lowest BCUT2D eigenvalue weighted by molar-refractivity contribution is -0.116.